The Labute approximate surface area is 66.8 Å². The minimum absolute atomic E-state index is 0. The Hall–Kier alpha value is 0.400. The van der Waals surface area contributed by atoms with Crippen LogP contribution in [0.3, 0.4) is 0 Å². The normalized spacial score (nSPS) is 10.7. The average Bonchev–Trinajstić information content (AvgIpc) is 1.64. The predicted molar refractivity (Wildman–Crippen MR) is 44.9 cm³/mol. The third-order valence-corrected chi connectivity index (χ3v) is 2.87. The molecule has 10 heavy (non-hydrogen) atoms. The van der Waals surface area contributed by atoms with Crippen LogP contribution in [0.2, 0.25) is 0 Å². The van der Waals surface area contributed by atoms with E-state index in [4.69, 9.17) is 16.4 Å². The maximum absolute atomic E-state index is 10.8. The Morgan fingerprint density at radius 3 is 1.70 bits per heavy atom. The van der Waals surface area contributed by atoms with Gasteiger partial charge in [-0.2, -0.15) is 0 Å². The van der Waals surface area contributed by atoms with Gasteiger partial charge in [0.25, 0.3) is 0 Å². The van der Waals surface area contributed by atoms with Crippen molar-refractivity contribution in [2.24, 2.45) is 11.5 Å². The Morgan fingerprint density at radius 1 is 1.20 bits per heavy atom. The molecule has 4 nitrogen and oxygen atoms in total. The molecule has 0 saturated heterocycles. The summed E-state index contributed by atoms with van der Waals surface area (Å²) in [7, 11) is -2.94. The van der Waals surface area contributed by atoms with Crippen molar-refractivity contribution in [3.05, 3.63) is 0 Å². The van der Waals surface area contributed by atoms with Crippen molar-refractivity contribution in [2.45, 2.75) is 0 Å². The molecule has 0 heterocycles. The van der Waals surface area contributed by atoms with Crippen molar-refractivity contribution in [3.8, 4) is 0 Å². The average molecular weight is 189 g/mol. The fourth-order valence-electron chi connectivity index (χ4n) is 0.515. The summed E-state index contributed by atoms with van der Waals surface area (Å²) in [4.78, 5) is 8.91. The van der Waals surface area contributed by atoms with E-state index < -0.39 is 7.37 Å². The van der Waals surface area contributed by atoms with Crippen LogP contribution in [-0.4, -0.2) is 30.3 Å². The lowest BCUT2D eigenvalue weighted by Gasteiger charge is -2.06. The summed E-state index contributed by atoms with van der Waals surface area (Å²) in [5.74, 6) is 0. The van der Waals surface area contributed by atoms with Crippen LogP contribution in [0.4, 0.5) is 0 Å². The highest BCUT2D eigenvalue weighted by Gasteiger charge is 2.14. The van der Waals surface area contributed by atoms with Gasteiger partial charge in [-0.1, -0.05) is 0 Å². The minimum atomic E-state index is -2.94. The molecule has 0 aliphatic heterocycles. The van der Waals surface area contributed by atoms with E-state index in [9.17, 15) is 4.57 Å². The number of halogens is 1. The van der Waals surface area contributed by atoms with Gasteiger partial charge in [-0.3, -0.25) is 4.57 Å². The molecule has 0 aromatic rings. The summed E-state index contributed by atoms with van der Waals surface area (Å²) in [6.45, 7) is 0.515. The quantitative estimate of drug-likeness (QED) is 0.524. The standard InChI is InChI=1S/C4H13N2O2P.ClH/c5-1-3-9(7,8)4-2-6;/h1-6H2,(H,7,8);1H. The zero-order chi connectivity index (χ0) is 7.33. The van der Waals surface area contributed by atoms with E-state index in [1.807, 2.05) is 0 Å². The third-order valence-electron chi connectivity index (χ3n) is 0.957. The van der Waals surface area contributed by atoms with E-state index in [0.717, 1.165) is 0 Å². The van der Waals surface area contributed by atoms with Gasteiger partial charge >= 0.3 is 0 Å². The summed E-state index contributed by atoms with van der Waals surface area (Å²) >= 11 is 0. The predicted octanol–water partition coefficient (Wildman–Crippen LogP) is -0.404. The molecule has 0 aromatic carbocycles. The molecule has 0 radical (unpaired) electrons. The van der Waals surface area contributed by atoms with Gasteiger partial charge in [-0.15, -0.1) is 12.4 Å². The lowest BCUT2D eigenvalue weighted by molar-refractivity contribution is 0.478. The van der Waals surface area contributed by atoms with E-state index in [-0.39, 0.29) is 37.8 Å². The molecular weight excluding hydrogens is 174 g/mol. The van der Waals surface area contributed by atoms with Crippen LogP contribution in [0.25, 0.3) is 0 Å². The highest BCUT2D eigenvalue weighted by molar-refractivity contribution is 7.58. The number of hydrogen-bond acceptors (Lipinski definition) is 3. The fraction of sp³-hybridized carbons (Fsp3) is 1.00. The SMILES string of the molecule is Cl.NCCP(=O)(O)CCN. The van der Waals surface area contributed by atoms with E-state index in [1.165, 1.54) is 0 Å². The molecule has 0 saturated carbocycles. The first kappa shape index (κ1) is 13.0. The summed E-state index contributed by atoms with van der Waals surface area (Å²) in [5, 5.41) is 0. The molecule has 0 atom stereocenters. The summed E-state index contributed by atoms with van der Waals surface area (Å²) in [6, 6.07) is 0. The highest BCUT2D eigenvalue weighted by Crippen LogP contribution is 2.38. The number of hydrogen-bond donors (Lipinski definition) is 3. The second-order valence-corrected chi connectivity index (χ2v) is 4.46. The van der Waals surface area contributed by atoms with Gasteiger partial charge in [0.2, 0.25) is 7.37 Å². The molecule has 0 aliphatic carbocycles. The molecule has 0 fully saturated rings. The van der Waals surface area contributed by atoms with Gasteiger partial charge in [-0.25, -0.2) is 0 Å². The molecule has 64 valence electrons. The van der Waals surface area contributed by atoms with Crippen molar-refractivity contribution < 1.29 is 9.46 Å². The molecule has 0 rings (SSSR count). The first-order valence-corrected chi connectivity index (χ1v) is 4.86. The van der Waals surface area contributed by atoms with Gasteiger partial charge in [0, 0.05) is 25.4 Å². The monoisotopic (exact) mass is 188 g/mol. The van der Waals surface area contributed by atoms with Crippen LogP contribution in [0, 0.1) is 0 Å². The van der Waals surface area contributed by atoms with Gasteiger partial charge in [0.05, 0.1) is 0 Å². The molecule has 6 heteroatoms. The smallest absolute Gasteiger partial charge is 0.203 e. The van der Waals surface area contributed by atoms with Crippen LogP contribution in [0.5, 0.6) is 0 Å². The Morgan fingerprint density at radius 2 is 1.50 bits per heavy atom. The van der Waals surface area contributed by atoms with Crippen LogP contribution in [-0.2, 0) is 4.57 Å². The lowest BCUT2D eigenvalue weighted by atomic mass is 10.8. The van der Waals surface area contributed by atoms with E-state index in [1.54, 1.807) is 0 Å². The maximum atomic E-state index is 10.8. The van der Waals surface area contributed by atoms with Crippen LogP contribution >= 0.6 is 19.8 Å². The van der Waals surface area contributed by atoms with E-state index in [0.29, 0.717) is 0 Å². The van der Waals surface area contributed by atoms with Crippen LogP contribution in [0.1, 0.15) is 0 Å². The second-order valence-electron chi connectivity index (χ2n) is 1.87. The summed E-state index contributed by atoms with van der Waals surface area (Å²) in [5.41, 5.74) is 10.1. The van der Waals surface area contributed by atoms with Gasteiger partial charge < -0.3 is 16.4 Å². The molecule has 0 spiro atoms. The summed E-state index contributed by atoms with van der Waals surface area (Å²) in [6.07, 6.45) is 0.369. The molecule has 0 amide bonds. The molecule has 0 bridgehead atoms. The zero-order valence-electron chi connectivity index (χ0n) is 5.69. The fourth-order valence-corrected chi connectivity index (χ4v) is 1.55. The molecular formula is C4H14ClN2O2P. The Kier molecular flexibility index (Phi) is 7.99. The van der Waals surface area contributed by atoms with Gasteiger partial charge in [0.15, 0.2) is 0 Å². The molecule has 0 aliphatic rings. The van der Waals surface area contributed by atoms with E-state index >= 15 is 0 Å². The second kappa shape index (κ2) is 6.13. The topological polar surface area (TPSA) is 89.3 Å². The van der Waals surface area contributed by atoms with Gasteiger partial charge in [-0.05, 0) is 0 Å². The zero-order valence-corrected chi connectivity index (χ0v) is 7.40. The summed E-state index contributed by atoms with van der Waals surface area (Å²) < 4.78 is 10.8. The molecule has 5 N–H and O–H groups in total. The van der Waals surface area contributed by atoms with Crippen molar-refractivity contribution in [1.82, 2.24) is 0 Å². The third kappa shape index (κ3) is 6.52. The number of rotatable bonds is 4. The lowest BCUT2D eigenvalue weighted by Crippen LogP contribution is -2.12. The highest BCUT2D eigenvalue weighted by atomic mass is 35.5. The Balaban J connectivity index is 0. The van der Waals surface area contributed by atoms with Gasteiger partial charge in [0.1, 0.15) is 0 Å². The first-order valence-electron chi connectivity index (χ1n) is 2.83. The van der Waals surface area contributed by atoms with Crippen molar-refractivity contribution in [3.63, 3.8) is 0 Å². The van der Waals surface area contributed by atoms with Crippen molar-refractivity contribution >= 4 is 19.8 Å². The van der Waals surface area contributed by atoms with E-state index in [2.05, 4.69) is 0 Å². The molecule has 0 aromatic heterocycles. The number of nitrogens with two attached hydrogens (primary N) is 2. The maximum Gasteiger partial charge on any atom is 0.203 e. The Bertz CT molecular complexity index is 112. The first-order chi connectivity index (χ1) is 4.12. The van der Waals surface area contributed by atoms with Crippen LogP contribution < -0.4 is 11.5 Å². The van der Waals surface area contributed by atoms with Crippen molar-refractivity contribution in [2.75, 3.05) is 25.4 Å². The van der Waals surface area contributed by atoms with Crippen LogP contribution in [0.15, 0.2) is 0 Å². The molecule has 0 unspecified atom stereocenters. The largest absolute Gasteiger partial charge is 0.344 e. The minimum Gasteiger partial charge on any atom is -0.344 e. The van der Waals surface area contributed by atoms with Crippen molar-refractivity contribution in [1.29, 1.82) is 0 Å².